The summed E-state index contributed by atoms with van der Waals surface area (Å²) in [5.74, 6) is 0. The molecule has 0 atom stereocenters. The van der Waals surface area contributed by atoms with E-state index in [9.17, 15) is 0 Å². The molecule has 0 N–H and O–H groups in total. The number of pyridine rings is 2. The van der Waals surface area contributed by atoms with Crippen LogP contribution in [-0.2, 0) is 6.54 Å². The van der Waals surface area contributed by atoms with Crippen LogP contribution in [0.25, 0.3) is 22.1 Å². The first-order valence-electron chi connectivity index (χ1n) is 6.48. The second kappa shape index (κ2) is 4.89. The third-order valence-corrected chi connectivity index (χ3v) is 3.77. The van der Waals surface area contributed by atoms with Gasteiger partial charge in [-0.1, -0.05) is 17.3 Å². The lowest BCUT2D eigenvalue weighted by molar-refractivity contribution is 0.670. The van der Waals surface area contributed by atoms with Crippen LogP contribution in [0.15, 0.2) is 53.3 Å². The topological polar surface area (TPSA) is 56.5 Å². The first-order valence-corrected chi connectivity index (χ1v) is 7.27. The van der Waals surface area contributed by atoms with E-state index in [0.29, 0.717) is 12.2 Å². The number of rotatable bonds is 2. The van der Waals surface area contributed by atoms with E-state index in [2.05, 4.69) is 54.4 Å². The zero-order valence-electron chi connectivity index (χ0n) is 10.9. The van der Waals surface area contributed by atoms with Gasteiger partial charge in [0.05, 0.1) is 12.1 Å². The van der Waals surface area contributed by atoms with Gasteiger partial charge in [-0.15, -0.1) is 5.10 Å². The summed E-state index contributed by atoms with van der Waals surface area (Å²) in [4.78, 5) is 8.57. The second-order valence-electron chi connectivity index (χ2n) is 4.77. The van der Waals surface area contributed by atoms with Crippen molar-refractivity contribution < 1.29 is 0 Å². The van der Waals surface area contributed by atoms with Crippen molar-refractivity contribution in [3.63, 3.8) is 0 Å². The van der Waals surface area contributed by atoms with E-state index in [-0.39, 0.29) is 0 Å². The second-order valence-corrected chi connectivity index (χ2v) is 5.69. The minimum absolute atomic E-state index is 0.652. The Labute approximate surface area is 128 Å². The van der Waals surface area contributed by atoms with Crippen LogP contribution in [0.1, 0.15) is 5.56 Å². The highest BCUT2D eigenvalue weighted by Gasteiger charge is 2.07. The van der Waals surface area contributed by atoms with Crippen LogP contribution in [0.4, 0.5) is 0 Å². The van der Waals surface area contributed by atoms with Crippen molar-refractivity contribution in [1.82, 2.24) is 25.0 Å². The highest BCUT2D eigenvalue weighted by Crippen LogP contribution is 2.18. The van der Waals surface area contributed by atoms with Gasteiger partial charge < -0.3 is 0 Å². The molecule has 4 rings (SSSR count). The molecule has 0 spiro atoms. The summed E-state index contributed by atoms with van der Waals surface area (Å²) >= 11 is 3.43. The van der Waals surface area contributed by atoms with Crippen LogP contribution in [0.2, 0.25) is 0 Å². The number of benzene rings is 1. The summed E-state index contributed by atoms with van der Waals surface area (Å²) in [7, 11) is 0. The molecule has 0 fully saturated rings. The molecular weight excluding hydrogens is 330 g/mol. The number of nitrogens with zero attached hydrogens (tertiary/aromatic N) is 5. The number of hydrogen-bond donors (Lipinski definition) is 0. The summed E-state index contributed by atoms with van der Waals surface area (Å²) in [5, 5.41) is 9.39. The molecule has 0 aliphatic carbocycles. The molecule has 5 nitrogen and oxygen atoms in total. The van der Waals surface area contributed by atoms with Crippen LogP contribution in [-0.4, -0.2) is 25.0 Å². The normalized spacial score (nSPS) is 11.3. The summed E-state index contributed by atoms with van der Waals surface area (Å²) < 4.78 is 2.77. The lowest BCUT2D eigenvalue weighted by atomic mass is 10.1. The predicted octanol–water partition coefficient (Wildman–Crippen LogP) is 3.19. The molecule has 1 aromatic carbocycles. The average Bonchev–Trinajstić information content (AvgIpc) is 2.89. The highest BCUT2D eigenvalue weighted by atomic mass is 79.9. The molecule has 3 aromatic heterocycles. The van der Waals surface area contributed by atoms with Crippen molar-refractivity contribution in [2.45, 2.75) is 6.54 Å². The Morgan fingerprint density at radius 3 is 3.00 bits per heavy atom. The Hall–Kier alpha value is -2.34. The van der Waals surface area contributed by atoms with Gasteiger partial charge in [0.2, 0.25) is 5.65 Å². The number of hydrogen-bond acceptors (Lipinski definition) is 4. The van der Waals surface area contributed by atoms with Crippen LogP contribution in [0.5, 0.6) is 0 Å². The van der Waals surface area contributed by atoms with Gasteiger partial charge in [-0.05, 0) is 45.8 Å². The van der Waals surface area contributed by atoms with Crippen LogP contribution in [0, 0.1) is 0 Å². The molecule has 0 amide bonds. The summed E-state index contributed by atoms with van der Waals surface area (Å²) in [6.45, 7) is 0.652. The minimum Gasteiger partial charge on any atom is -0.256 e. The summed E-state index contributed by atoms with van der Waals surface area (Å²) in [5.41, 5.74) is 3.72. The number of halogens is 1. The van der Waals surface area contributed by atoms with E-state index in [1.807, 2.05) is 22.9 Å². The van der Waals surface area contributed by atoms with Gasteiger partial charge in [0.15, 0.2) is 0 Å². The molecule has 0 saturated heterocycles. The van der Waals surface area contributed by atoms with E-state index in [0.717, 1.165) is 26.5 Å². The predicted molar refractivity (Wildman–Crippen MR) is 83.9 cm³/mol. The SMILES string of the molecule is Brc1cnc2nnn(Cc3ccc4ncccc4c3)c2c1. The highest BCUT2D eigenvalue weighted by molar-refractivity contribution is 9.10. The minimum atomic E-state index is 0.652. The zero-order chi connectivity index (χ0) is 14.2. The lowest BCUT2D eigenvalue weighted by Crippen LogP contribution is -2.02. The fourth-order valence-electron chi connectivity index (χ4n) is 2.35. The van der Waals surface area contributed by atoms with Gasteiger partial charge in [-0.25, -0.2) is 9.67 Å². The fraction of sp³-hybridized carbons (Fsp3) is 0.0667. The number of fused-ring (bicyclic) bond motifs is 2. The maximum atomic E-state index is 4.33. The van der Waals surface area contributed by atoms with E-state index < -0.39 is 0 Å². The lowest BCUT2D eigenvalue weighted by Gasteiger charge is -2.04. The van der Waals surface area contributed by atoms with Gasteiger partial charge >= 0.3 is 0 Å². The molecule has 0 saturated carbocycles. The first kappa shape index (κ1) is 12.4. The fourth-order valence-corrected chi connectivity index (χ4v) is 2.67. The zero-order valence-corrected chi connectivity index (χ0v) is 12.5. The molecule has 0 bridgehead atoms. The van der Waals surface area contributed by atoms with Crippen LogP contribution >= 0.6 is 15.9 Å². The summed E-state index contributed by atoms with van der Waals surface area (Å²) in [6.07, 6.45) is 3.53. The third kappa shape index (κ3) is 2.27. The van der Waals surface area contributed by atoms with Crippen LogP contribution < -0.4 is 0 Å². The Balaban J connectivity index is 1.77. The van der Waals surface area contributed by atoms with Crippen molar-refractivity contribution in [2.24, 2.45) is 0 Å². The van der Waals surface area contributed by atoms with Gasteiger partial charge in [-0.3, -0.25) is 4.98 Å². The summed E-state index contributed by atoms with van der Waals surface area (Å²) in [6, 6.07) is 12.2. The van der Waals surface area contributed by atoms with Gasteiger partial charge in [0.1, 0.15) is 5.52 Å². The van der Waals surface area contributed by atoms with E-state index >= 15 is 0 Å². The van der Waals surface area contributed by atoms with Gasteiger partial charge in [-0.2, -0.15) is 0 Å². The molecule has 0 radical (unpaired) electrons. The monoisotopic (exact) mass is 339 g/mol. The smallest absolute Gasteiger partial charge is 0.201 e. The first-order chi connectivity index (χ1) is 10.3. The van der Waals surface area contributed by atoms with Crippen molar-refractivity contribution in [3.05, 3.63) is 58.8 Å². The molecule has 0 unspecified atom stereocenters. The number of aromatic nitrogens is 5. The molecular formula is C15H10BrN5. The maximum absolute atomic E-state index is 4.33. The molecule has 4 aromatic rings. The largest absolute Gasteiger partial charge is 0.256 e. The van der Waals surface area contributed by atoms with Crippen LogP contribution in [0.3, 0.4) is 0 Å². The van der Waals surface area contributed by atoms with E-state index in [1.165, 1.54) is 0 Å². The molecule has 21 heavy (non-hydrogen) atoms. The third-order valence-electron chi connectivity index (χ3n) is 3.34. The van der Waals surface area contributed by atoms with E-state index in [1.54, 1.807) is 12.4 Å². The molecule has 0 aliphatic heterocycles. The van der Waals surface area contributed by atoms with E-state index in [4.69, 9.17) is 0 Å². The Morgan fingerprint density at radius 1 is 1.10 bits per heavy atom. The van der Waals surface area contributed by atoms with Gasteiger partial charge in [0.25, 0.3) is 0 Å². The van der Waals surface area contributed by atoms with Crippen molar-refractivity contribution in [1.29, 1.82) is 0 Å². The molecule has 3 heterocycles. The molecule has 0 aliphatic rings. The molecule has 6 heteroatoms. The average molecular weight is 340 g/mol. The maximum Gasteiger partial charge on any atom is 0.201 e. The molecule has 102 valence electrons. The van der Waals surface area contributed by atoms with Crippen molar-refractivity contribution in [3.8, 4) is 0 Å². The van der Waals surface area contributed by atoms with Crippen molar-refractivity contribution >= 4 is 38.0 Å². The Bertz CT molecular complexity index is 947. The Kier molecular flexibility index (Phi) is 2.89. The van der Waals surface area contributed by atoms with Gasteiger partial charge in [0, 0.05) is 22.3 Å². The quantitative estimate of drug-likeness (QED) is 0.562. The van der Waals surface area contributed by atoms with Crippen molar-refractivity contribution in [2.75, 3.05) is 0 Å². The standard InChI is InChI=1S/C15H10BrN5/c16-12-7-14-15(18-8-12)19-20-21(14)9-10-3-4-13-11(6-10)2-1-5-17-13/h1-8H,9H2. The Morgan fingerprint density at radius 2 is 2.05 bits per heavy atom.